The molecule has 0 heterocycles. The molecule has 0 spiro atoms. The maximum absolute atomic E-state index is 11.7. The van der Waals surface area contributed by atoms with E-state index in [0.29, 0.717) is 0 Å². The van der Waals surface area contributed by atoms with Gasteiger partial charge >= 0.3 is 0 Å². The van der Waals surface area contributed by atoms with Crippen molar-refractivity contribution in [3.63, 3.8) is 0 Å². The van der Waals surface area contributed by atoms with E-state index in [1.165, 1.54) is 7.11 Å². The van der Waals surface area contributed by atoms with Crippen LogP contribution in [0.1, 0.15) is 27.7 Å². The van der Waals surface area contributed by atoms with Crippen LogP contribution in [0, 0.1) is 5.41 Å². The second-order valence-corrected chi connectivity index (χ2v) is 6.48. The normalized spacial score (nSPS) is 17.1. The molecule has 0 aromatic rings. The van der Waals surface area contributed by atoms with E-state index in [-0.39, 0.29) is 11.7 Å². The van der Waals surface area contributed by atoms with Crippen molar-refractivity contribution in [2.75, 3.05) is 13.3 Å². The zero-order valence-electron chi connectivity index (χ0n) is 8.38. The van der Waals surface area contributed by atoms with Gasteiger partial charge in [0, 0.05) is 18.7 Å². The average molecular weight is 192 g/mol. The maximum atomic E-state index is 11.7. The molecule has 0 aliphatic carbocycles. The average Bonchev–Trinajstić information content (AvgIpc) is 2.00. The van der Waals surface area contributed by atoms with Gasteiger partial charge < -0.3 is 4.52 Å². The molecular formula is C8H17O3P. The fourth-order valence-electron chi connectivity index (χ4n) is 0.867. The Balaban J connectivity index is 4.80. The van der Waals surface area contributed by atoms with Gasteiger partial charge in [-0.15, -0.1) is 0 Å². The third-order valence-corrected chi connectivity index (χ3v) is 4.37. The summed E-state index contributed by atoms with van der Waals surface area (Å²) in [7, 11) is -1.71. The Bertz CT molecular complexity index is 207. The molecular weight excluding hydrogens is 175 g/mol. The lowest BCUT2D eigenvalue weighted by Gasteiger charge is -2.22. The summed E-state index contributed by atoms with van der Waals surface area (Å²) in [5, 5.41) is 0. The van der Waals surface area contributed by atoms with E-state index in [1.54, 1.807) is 27.7 Å². The highest BCUT2D eigenvalue weighted by Crippen LogP contribution is 2.51. The summed E-state index contributed by atoms with van der Waals surface area (Å²) in [6.45, 7) is 6.94. The number of hydrogen-bond acceptors (Lipinski definition) is 3. The Kier molecular flexibility index (Phi) is 3.67. The molecule has 1 atom stereocenters. The minimum Gasteiger partial charge on any atom is -0.327 e. The molecule has 0 aromatic carbocycles. The largest absolute Gasteiger partial charge is 0.327 e. The molecule has 0 saturated carbocycles. The van der Waals surface area contributed by atoms with E-state index >= 15 is 0 Å². The second-order valence-electron chi connectivity index (χ2n) is 3.73. The SMILES string of the molecule is CC[P@](=O)(OC)C(=O)C(C)(C)C. The van der Waals surface area contributed by atoms with Crippen LogP contribution < -0.4 is 0 Å². The van der Waals surface area contributed by atoms with Crippen LogP contribution in [0.5, 0.6) is 0 Å². The van der Waals surface area contributed by atoms with Crippen LogP contribution in [0.25, 0.3) is 0 Å². The van der Waals surface area contributed by atoms with Gasteiger partial charge in [-0.2, -0.15) is 0 Å². The standard InChI is InChI=1S/C8H17O3P/c1-6-12(10,11-5)7(9)8(2,3)4/h6H2,1-5H3/t12-/m0/s1. The summed E-state index contributed by atoms with van der Waals surface area (Å²) in [5.74, 6) is 0. The zero-order chi connectivity index (χ0) is 9.99. The maximum Gasteiger partial charge on any atom is 0.266 e. The Morgan fingerprint density at radius 3 is 1.92 bits per heavy atom. The van der Waals surface area contributed by atoms with Gasteiger partial charge in [0.2, 0.25) is 5.52 Å². The smallest absolute Gasteiger partial charge is 0.266 e. The van der Waals surface area contributed by atoms with Crippen molar-refractivity contribution in [3.8, 4) is 0 Å². The van der Waals surface area contributed by atoms with Gasteiger partial charge in [-0.1, -0.05) is 27.7 Å². The van der Waals surface area contributed by atoms with Gasteiger partial charge in [0.25, 0.3) is 7.37 Å². The minimum atomic E-state index is -3.03. The van der Waals surface area contributed by atoms with E-state index in [2.05, 4.69) is 0 Å². The van der Waals surface area contributed by atoms with Crippen molar-refractivity contribution in [1.29, 1.82) is 0 Å². The van der Waals surface area contributed by atoms with Gasteiger partial charge in [0.05, 0.1) is 0 Å². The molecule has 0 saturated heterocycles. The summed E-state index contributed by atoms with van der Waals surface area (Å²) < 4.78 is 16.5. The Labute approximate surface area is 73.9 Å². The molecule has 72 valence electrons. The van der Waals surface area contributed by atoms with Gasteiger partial charge in [-0.05, 0) is 0 Å². The predicted octanol–water partition coefficient (Wildman–Crippen LogP) is 2.50. The summed E-state index contributed by atoms with van der Waals surface area (Å²) in [6, 6.07) is 0. The van der Waals surface area contributed by atoms with E-state index < -0.39 is 12.8 Å². The first kappa shape index (κ1) is 11.9. The molecule has 0 rings (SSSR count). The molecule has 0 unspecified atom stereocenters. The Morgan fingerprint density at radius 2 is 1.83 bits per heavy atom. The predicted molar refractivity (Wildman–Crippen MR) is 49.6 cm³/mol. The van der Waals surface area contributed by atoms with Crippen molar-refractivity contribution in [3.05, 3.63) is 0 Å². The van der Waals surface area contributed by atoms with E-state index in [9.17, 15) is 9.36 Å². The highest BCUT2D eigenvalue weighted by molar-refractivity contribution is 7.76. The summed E-state index contributed by atoms with van der Waals surface area (Å²) in [5.41, 5.74) is -0.860. The third kappa shape index (κ3) is 2.43. The van der Waals surface area contributed by atoms with Crippen LogP contribution in [0.4, 0.5) is 0 Å². The fraction of sp³-hybridized carbons (Fsp3) is 0.875. The highest BCUT2D eigenvalue weighted by atomic mass is 31.2. The lowest BCUT2D eigenvalue weighted by molar-refractivity contribution is -0.119. The number of carbonyl (C=O) groups is 1. The fourth-order valence-corrected chi connectivity index (χ4v) is 2.60. The van der Waals surface area contributed by atoms with E-state index in [0.717, 1.165) is 0 Å². The summed E-state index contributed by atoms with van der Waals surface area (Å²) >= 11 is 0. The first-order valence-corrected chi connectivity index (χ1v) is 5.78. The van der Waals surface area contributed by atoms with Crippen molar-refractivity contribution in [1.82, 2.24) is 0 Å². The molecule has 4 heteroatoms. The molecule has 0 aromatic heterocycles. The first-order valence-electron chi connectivity index (χ1n) is 3.97. The lowest BCUT2D eigenvalue weighted by atomic mass is 9.99. The minimum absolute atomic E-state index is 0.277. The monoisotopic (exact) mass is 192 g/mol. The van der Waals surface area contributed by atoms with Crippen molar-refractivity contribution >= 4 is 12.9 Å². The number of carbonyl (C=O) groups excluding carboxylic acids is 1. The van der Waals surface area contributed by atoms with Gasteiger partial charge in [0.15, 0.2) is 0 Å². The van der Waals surface area contributed by atoms with Crippen LogP contribution in [0.2, 0.25) is 0 Å². The highest BCUT2D eigenvalue weighted by Gasteiger charge is 2.37. The summed E-state index contributed by atoms with van der Waals surface area (Å²) in [6.07, 6.45) is 0.277. The number of rotatable bonds is 3. The topological polar surface area (TPSA) is 43.4 Å². The molecule has 0 radical (unpaired) electrons. The molecule has 0 amide bonds. The van der Waals surface area contributed by atoms with Gasteiger partial charge in [-0.3, -0.25) is 9.36 Å². The first-order chi connectivity index (χ1) is 5.28. The van der Waals surface area contributed by atoms with Crippen molar-refractivity contribution in [2.45, 2.75) is 27.7 Å². The van der Waals surface area contributed by atoms with E-state index in [1.807, 2.05) is 0 Å². The molecule has 0 bridgehead atoms. The molecule has 0 N–H and O–H groups in total. The summed E-state index contributed by atoms with van der Waals surface area (Å²) in [4.78, 5) is 11.6. The van der Waals surface area contributed by atoms with Gasteiger partial charge in [0.1, 0.15) is 0 Å². The van der Waals surface area contributed by atoms with Crippen LogP contribution >= 0.6 is 7.37 Å². The molecule has 0 fully saturated rings. The quantitative estimate of drug-likeness (QED) is 0.645. The molecule has 3 nitrogen and oxygen atoms in total. The zero-order valence-corrected chi connectivity index (χ0v) is 9.27. The number of hydrogen-bond donors (Lipinski definition) is 0. The molecule has 12 heavy (non-hydrogen) atoms. The lowest BCUT2D eigenvalue weighted by Crippen LogP contribution is -2.21. The van der Waals surface area contributed by atoms with Crippen molar-refractivity contribution < 1.29 is 13.9 Å². The Morgan fingerprint density at radius 1 is 1.42 bits per heavy atom. The third-order valence-electron chi connectivity index (χ3n) is 1.66. The molecule has 0 aliphatic rings. The second kappa shape index (κ2) is 3.71. The van der Waals surface area contributed by atoms with Crippen LogP contribution in [0.15, 0.2) is 0 Å². The molecule has 0 aliphatic heterocycles. The van der Waals surface area contributed by atoms with Crippen LogP contribution in [-0.2, 0) is 13.9 Å². The van der Waals surface area contributed by atoms with Crippen LogP contribution in [-0.4, -0.2) is 18.8 Å². The Hall–Kier alpha value is -0.140. The van der Waals surface area contributed by atoms with Crippen LogP contribution in [0.3, 0.4) is 0 Å². The van der Waals surface area contributed by atoms with Gasteiger partial charge in [-0.25, -0.2) is 0 Å². The van der Waals surface area contributed by atoms with Crippen molar-refractivity contribution in [2.24, 2.45) is 5.41 Å². The van der Waals surface area contributed by atoms with E-state index in [4.69, 9.17) is 4.52 Å².